The molecule has 1 aromatic rings. The molecule has 72 valence electrons. The summed E-state index contributed by atoms with van der Waals surface area (Å²) >= 11 is -0.546. The Morgan fingerprint density at radius 2 is 1.85 bits per heavy atom. The van der Waals surface area contributed by atoms with Gasteiger partial charge in [-0.05, 0) is 23.9 Å². The Labute approximate surface area is 75.9 Å². The van der Waals surface area contributed by atoms with E-state index in [0.717, 1.165) is 6.07 Å². The van der Waals surface area contributed by atoms with Crippen molar-refractivity contribution in [2.24, 2.45) is 0 Å². The summed E-state index contributed by atoms with van der Waals surface area (Å²) in [4.78, 5) is -0.574. The van der Waals surface area contributed by atoms with Crippen LogP contribution in [-0.4, -0.2) is 5.51 Å². The van der Waals surface area contributed by atoms with Crippen molar-refractivity contribution in [2.75, 3.05) is 5.73 Å². The van der Waals surface area contributed by atoms with Crippen molar-refractivity contribution in [1.29, 1.82) is 0 Å². The van der Waals surface area contributed by atoms with Crippen molar-refractivity contribution < 1.29 is 17.6 Å². The predicted octanol–water partition coefficient (Wildman–Crippen LogP) is 3.02. The quantitative estimate of drug-likeness (QED) is 0.439. The van der Waals surface area contributed by atoms with Gasteiger partial charge in [0.05, 0.1) is 4.90 Å². The molecular formula is C7H5F4NS. The molecule has 1 nitrogen and oxygen atoms in total. The topological polar surface area (TPSA) is 26.0 Å². The van der Waals surface area contributed by atoms with Crippen LogP contribution in [0.15, 0.2) is 23.1 Å². The van der Waals surface area contributed by atoms with Crippen LogP contribution in [0, 0.1) is 5.82 Å². The highest BCUT2D eigenvalue weighted by Crippen LogP contribution is 2.40. The van der Waals surface area contributed by atoms with Crippen LogP contribution < -0.4 is 5.73 Å². The van der Waals surface area contributed by atoms with Crippen LogP contribution in [0.2, 0.25) is 0 Å². The number of rotatable bonds is 1. The zero-order valence-electron chi connectivity index (χ0n) is 6.23. The smallest absolute Gasteiger partial charge is 0.398 e. The first-order chi connectivity index (χ1) is 5.90. The largest absolute Gasteiger partial charge is 0.446 e. The van der Waals surface area contributed by atoms with Crippen molar-refractivity contribution in [2.45, 2.75) is 10.4 Å². The average Bonchev–Trinajstić information content (AvgIpc) is 1.95. The molecule has 0 saturated heterocycles. The summed E-state index contributed by atoms with van der Waals surface area (Å²) in [6, 6.07) is 3.41. The molecule has 13 heavy (non-hydrogen) atoms. The monoisotopic (exact) mass is 211 g/mol. The fourth-order valence-electron chi connectivity index (χ4n) is 0.749. The standard InChI is InChI=1S/C7H5F4NS/c8-4-2-1-3-5(12)6(4)13-7(9,10)11/h1-3H,12H2. The summed E-state index contributed by atoms with van der Waals surface area (Å²) in [5.74, 6) is -0.956. The van der Waals surface area contributed by atoms with Gasteiger partial charge in [-0.1, -0.05) is 6.07 Å². The van der Waals surface area contributed by atoms with Crippen LogP contribution in [0.25, 0.3) is 0 Å². The number of anilines is 1. The van der Waals surface area contributed by atoms with Crippen molar-refractivity contribution in [3.8, 4) is 0 Å². The Bertz CT molecular complexity index is 290. The van der Waals surface area contributed by atoms with Gasteiger partial charge < -0.3 is 5.73 Å². The molecule has 0 amide bonds. The van der Waals surface area contributed by atoms with Crippen molar-refractivity contribution >= 4 is 17.4 Å². The van der Waals surface area contributed by atoms with E-state index in [1.54, 1.807) is 0 Å². The summed E-state index contributed by atoms with van der Waals surface area (Å²) in [6.45, 7) is 0. The van der Waals surface area contributed by atoms with Gasteiger partial charge in [0.1, 0.15) is 5.82 Å². The second kappa shape index (κ2) is 3.45. The zero-order valence-corrected chi connectivity index (χ0v) is 7.05. The first-order valence-electron chi connectivity index (χ1n) is 3.20. The fraction of sp³-hybridized carbons (Fsp3) is 0.143. The minimum atomic E-state index is -4.52. The molecule has 0 fully saturated rings. The van der Waals surface area contributed by atoms with E-state index in [0.29, 0.717) is 0 Å². The first-order valence-corrected chi connectivity index (χ1v) is 4.01. The minimum absolute atomic E-state index is 0.206. The zero-order chi connectivity index (χ0) is 10.1. The number of hydrogen-bond acceptors (Lipinski definition) is 2. The molecule has 0 aliphatic rings. The lowest BCUT2D eigenvalue weighted by Crippen LogP contribution is -2.02. The van der Waals surface area contributed by atoms with Gasteiger partial charge in [-0.25, -0.2) is 4.39 Å². The number of halogens is 4. The first kappa shape index (κ1) is 10.2. The van der Waals surface area contributed by atoms with E-state index in [4.69, 9.17) is 5.73 Å². The normalized spacial score (nSPS) is 11.7. The molecule has 6 heteroatoms. The Kier molecular flexibility index (Phi) is 2.70. The molecule has 0 aliphatic carbocycles. The van der Waals surface area contributed by atoms with Crippen molar-refractivity contribution in [3.63, 3.8) is 0 Å². The Morgan fingerprint density at radius 1 is 1.23 bits per heavy atom. The lowest BCUT2D eigenvalue weighted by molar-refractivity contribution is -0.0329. The summed E-state index contributed by atoms with van der Waals surface area (Å²) in [6.07, 6.45) is 0. The van der Waals surface area contributed by atoms with Crippen LogP contribution in [0.3, 0.4) is 0 Å². The predicted molar refractivity (Wildman–Crippen MR) is 42.7 cm³/mol. The van der Waals surface area contributed by atoms with Gasteiger partial charge >= 0.3 is 5.51 Å². The van der Waals surface area contributed by atoms with Gasteiger partial charge in [-0.2, -0.15) is 13.2 Å². The second-order valence-electron chi connectivity index (χ2n) is 2.21. The molecule has 0 radical (unpaired) electrons. The van der Waals surface area contributed by atoms with E-state index in [1.165, 1.54) is 12.1 Å². The summed E-state index contributed by atoms with van der Waals surface area (Å²) in [7, 11) is 0. The SMILES string of the molecule is Nc1cccc(F)c1SC(F)(F)F. The molecule has 0 unspecified atom stereocenters. The molecule has 2 N–H and O–H groups in total. The van der Waals surface area contributed by atoms with Gasteiger partial charge in [-0.3, -0.25) is 0 Å². The molecule has 0 atom stereocenters. The number of thioether (sulfide) groups is 1. The lowest BCUT2D eigenvalue weighted by Gasteiger charge is -2.08. The Morgan fingerprint density at radius 3 is 2.31 bits per heavy atom. The molecule has 0 spiro atoms. The molecule has 0 aromatic heterocycles. The van der Waals surface area contributed by atoms with E-state index in [2.05, 4.69) is 0 Å². The third-order valence-electron chi connectivity index (χ3n) is 1.22. The molecule has 0 aliphatic heterocycles. The molecule has 1 aromatic carbocycles. The maximum Gasteiger partial charge on any atom is 0.446 e. The summed E-state index contributed by atoms with van der Waals surface area (Å²) in [5, 5.41) is 0. The van der Waals surface area contributed by atoms with Gasteiger partial charge in [0.15, 0.2) is 0 Å². The molecule has 0 saturated carbocycles. The van der Waals surface area contributed by atoms with E-state index >= 15 is 0 Å². The van der Waals surface area contributed by atoms with E-state index < -0.39 is 28.0 Å². The minimum Gasteiger partial charge on any atom is -0.398 e. The highest BCUT2D eigenvalue weighted by Gasteiger charge is 2.31. The maximum atomic E-state index is 12.8. The van der Waals surface area contributed by atoms with Crippen LogP contribution >= 0.6 is 11.8 Å². The summed E-state index contributed by atoms with van der Waals surface area (Å²) < 4.78 is 48.3. The van der Waals surface area contributed by atoms with Gasteiger partial charge in [-0.15, -0.1) is 0 Å². The number of benzene rings is 1. The maximum absolute atomic E-state index is 12.8. The number of hydrogen-bond donors (Lipinski definition) is 1. The molecule has 0 heterocycles. The Balaban J connectivity index is 3.00. The Hall–Kier alpha value is -0.910. The molecule has 0 bridgehead atoms. The number of alkyl halides is 3. The van der Waals surface area contributed by atoms with Crippen LogP contribution in [0.4, 0.5) is 23.2 Å². The van der Waals surface area contributed by atoms with Crippen LogP contribution in [0.1, 0.15) is 0 Å². The van der Waals surface area contributed by atoms with E-state index in [1.807, 2.05) is 0 Å². The molecule has 1 rings (SSSR count). The van der Waals surface area contributed by atoms with Gasteiger partial charge in [0.2, 0.25) is 0 Å². The second-order valence-corrected chi connectivity index (χ2v) is 3.28. The van der Waals surface area contributed by atoms with E-state index in [9.17, 15) is 17.6 Å². The van der Waals surface area contributed by atoms with Gasteiger partial charge in [0.25, 0.3) is 0 Å². The highest BCUT2D eigenvalue weighted by atomic mass is 32.2. The third kappa shape index (κ3) is 2.80. The van der Waals surface area contributed by atoms with Crippen molar-refractivity contribution in [1.82, 2.24) is 0 Å². The van der Waals surface area contributed by atoms with E-state index in [-0.39, 0.29) is 5.69 Å². The van der Waals surface area contributed by atoms with Crippen LogP contribution in [-0.2, 0) is 0 Å². The lowest BCUT2D eigenvalue weighted by atomic mass is 10.3. The highest BCUT2D eigenvalue weighted by molar-refractivity contribution is 8.00. The number of nitrogen functional groups attached to an aromatic ring is 1. The number of nitrogens with two attached hydrogens (primary N) is 1. The summed E-state index contributed by atoms with van der Waals surface area (Å²) in [5.41, 5.74) is 0.444. The van der Waals surface area contributed by atoms with Crippen LogP contribution in [0.5, 0.6) is 0 Å². The van der Waals surface area contributed by atoms with Crippen molar-refractivity contribution in [3.05, 3.63) is 24.0 Å². The molecular weight excluding hydrogens is 206 g/mol. The van der Waals surface area contributed by atoms with Gasteiger partial charge in [0, 0.05) is 5.69 Å². The average molecular weight is 211 g/mol. The fourth-order valence-corrected chi connectivity index (χ4v) is 1.33. The third-order valence-corrected chi connectivity index (χ3v) is 2.08.